The highest BCUT2D eigenvalue weighted by Gasteiger charge is 2.36. The van der Waals surface area contributed by atoms with Gasteiger partial charge in [0.25, 0.3) is 0 Å². The van der Waals surface area contributed by atoms with E-state index in [1.165, 1.54) is 5.56 Å². The number of hydrogen-bond donors (Lipinski definition) is 2. The zero-order chi connectivity index (χ0) is 20.7. The van der Waals surface area contributed by atoms with E-state index < -0.39 is 0 Å². The lowest BCUT2D eigenvalue weighted by molar-refractivity contribution is 0.0531. The van der Waals surface area contributed by atoms with Crippen molar-refractivity contribution in [2.24, 2.45) is 10.7 Å². The van der Waals surface area contributed by atoms with Gasteiger partial charge in [0, 0.05) is 35.2 Å². The fraction of sp³-hybridized carbons (Fsp3) is 0.409. The minimum atomic E-state index is -0.192. The van der Waals surface area contributed by atoms with Gasteiger partial charge in [-0.15, -0.1) is 24.0 Å². The first kappa shape index (κ1) is 25.0. The average molecular weight is 564 g/mol. The van der Waals surface area contributed by atoms with Crippen LogP contribution in [0.1, 0.15) is 24.0 Å². The van der Waals surface area contributed by atoms with Gasteiger partial charge < -0.3 is 20.5 Å². The van der Waals surface area contributed by atoms with Crippen molar-refractivity contribution >= 4 is 53.1 Å². The number of aliphatic imine (C=N–C) groups is 1. The minimum Gasteiger partial charge on any atom is -0.497 e. The van der Waals surface area contributed by atoms with Crippen LogP contribution in [0.2, 0.25) is 10.0 Å². The highest BCUT2D eigenvalue weighted by Crippen LogP contribution is 2.39. The van der Waals surface area contributed by atoms with Crippen molar-refractivity contribution < 1.29 is 9.47 Å². The van der Waals surface area contributed by atoms with E-state index in [2.05, 4.69) is 10.3 Å². The molecule has 0 aliphatic carbocycles. The number of guanidine groups is 1. The largest absolute Gasteiger partial charge is 0.497 e. The summed E-state index contributed by atoms with van der Waals surface area (Å²) in [5.74, 6) is 1.29. The van der Waals surface area contributed by atoms with Crippen molar-refractivity contribution in [3.05, 3.63) is 63.6 Å². The van der Waals surface area contributed by atoms with Gasteiger partial charge in [-0.3, -0.25) is 4.99 Å². The van der Waals surface area contributed by atoms with Gasteiger partial charge in [0.05, 0.1) is 13.7 Å². The fourth-order valence-corrected chi connectivity index (χ4v) is 4.22. The van der Waals surface area contributed by atoms with Crippen molar-refractivity contribution in [1.82, 2.24) is 5.32 Å². The Labute approximate surface area is 205 Å². The van der Waals surface area contributed by atoms with E-state index in [0.717, 1.165) is 30.6 Å². The van der Waals surface area contributed by atoms with Gasteiger partial charge in [0.15, 0.2) is 5.96 Å². The first-order chi connectivity index (χ1) is 14.0. The van der Waals surface area contributed by atoms with Crippen LogP contribution in [-0.4, -0.2) is 39.4 Å². The van der Waals surface area contributed by atoms with E-state index in [9.17, 15) is 0 Å². The van der Waals surface area contributed by atoms with Gasteiger partial charge in [-0.1, -0.05) is 41.4 Å². The number of hydrogen-bond acceptors (Lipinski definition) is 3. The third-order valence-corrected chi connectivity index (χ3v) is 5.93. The van der Waals surface area contributed by atoms with Crippen LogP contribution < -0.4 is 15.8 Å². The first-order valence-electron chi connectivity index (χ1n) is 9.72. The fourth-order valence-electron chi connectivity index (χ4n) is 3.61. The molecule has 164 valence electrons. The second-order valence-corrected chi connectivity index (χ2v) is 8.09. The summed E-state index contributed by atoms with van der Waals surface area (Å²) in [6, 6.07) is 13.7. The van der Waals surface area contributed by atoms with Gasteiger partial charge in [-0.2, -0.15) is 0 Å². The lowest BCUT2D eigenvalue weighted by Gasteiger charge is -2.37. The molecule has 1 heterocycles. The molecule has 8 heteroatoms. The summed E-state index contributed by atoms with van der Waals surface area (Å²) < 4.78 is 10.8. The van der Waals surface area contributed by atoms with E-state index in [0.29, 0.717) is 42.3 Å². The average Bonchev–Trinajstić information content (AvgIpc) is 2.73. The maximum Gasteiger partial charge on any atom is 0.188 e. The highest BCUT2D eigenvalue weighted by atomic mass is 127. The lowest BCUT2D eigenvalue weighted by Crippen LogP contribution is -2.39. The molecule has 0 unspecified atom stereocenters. The van der Waals surface area contributed by atoms with Gasteiger partial charge in [-0.25, -0.2) is 0 Å². The van der Waals surface area contributed by atoms with Crippen molar-refractivity contribution in [2.45, 2.75) is 24.7 Å². The summed E-state index contributed by atoms with van der Waals surface area (Å²) in [7, 11) is 1.66. The SMILES string of the molecule is COc1ccc(CCNC(N)=NCC2(c3ccc(Cl)cc3Cl)CCOCC2)cc1.I. The van der Waals surface area contributed by atoms with Crippen LogP contribution in [0.4, 0.5) is 0 Å². The van der Waals surface area contributed by atoms with Crippen LogP contribution in [0.15, 0.2) is 47.5 Å². The van der Waals surface area contributed by atoms with Gasteiger partial charge in [-0.05, 0) is 54.7 Å². The molecule has 1 aliphatic heterocycles. The molecule has 0 aromatic heterocycles. The van der Waals surface area contributed by atoms with Gasteiger partial charge in [0.1, 0.15) is 5.75 Å². The molecular formula is C22H28Cl2IN3O2. The molecule has 2 aromatic carbocycles. The Bertz CT molecular complexity index is 841. The number of nitrogens with one attached hydrogen (secondary N) is 1. The van der Waals surface area contributed by atoms with E-state index in [-0.39, 0.29) is 29.4 Å². The highest BCUT2D eigenvalue weighted by molar-refractivity contribution is 14.0. The molecule has 0 radical (unpaired) electrons. The number of ether oxygens (including phenoxy) is 2. The van der Waals surface area contributed by atoms with Crippen LogP contribution in [-0.2, 0) is 16.6 Å². The quantitative estimate of drug-likeness (QED) is 0.288. The smallest absolute Gasteiger partial charge is 0.188 e. The molecule has 0 bridgehead atoms. The van der Waals surface area contributed by atoms with Crippen LogP contribution >= 0.6 is 47.2 Å². The van der Waals surface area contributed by atoms with Crippen LogP contribution in [0, 0.1) is 0 Å². The maximum atomic E-state index is 6.51. The summed E-state index contributed by atoms with van der Waals surface area (Å²) in [5, 5.41) is 4.50. The summed E-state index contributed by atoms with van der Waals surface area (Å²) >= 11 is 12.6. The zero-order valence-corrected chi connectivity index (χ0v) is 20.8. The molecule has 1 aliphatic rings. The molecule has 5 nitrogen and oxygen atoms in total. The molecule has 1 saturated heterocycles. The van der Waals surface area contributed by atoms with Crippen LogP contribution in [0.5, 0.6) is 5.75 Å². The van der Waals surface area contributed by atoms with Crippen molar-refractivity contribution in [3.8, 4) is 5.75 Å². The molecule has 0 amide bonds. The molecule has 3 rings (SSSR count). The zero-order valence-electron chi connectivity index (χ0n) is 17.0. The normalized spacial score (nSPS) is 15.9. The third kappa shape index (κ3) is 6.64. The van der Waals surface area contributed by atoms with Crippen LogP contribution in [0.3, 0.4) is 0 Å². The summed E-state index contributed by atoms with van der Waals surface area (Å²) in [6.07, 6.45) is 2.54. The molecular weight excluding hydrogens is 536 g/mol. The number of methoxy groups -OCH3 is 1. The third-order valence-electron chi connectivity index (χ3n) is 5.38. The Balaban J connectivity index is 0.00000320. The summed E-state index contributed by atoms with van der Waals surface area (Å²) in [4.78, 5) is 4.63. The van der Waals surface area contributed by atoms with E-state index in [4.69, 9.17) is 38.4 Å². The molecule has 0 saturated carbocycles. The molecule has 30 heavy (non-hydrogen) atoms. The standard InChI is InChI=1S/C22H27Cl2N3O2.HI/c1-28-18-5-2-16(3-6-18)8-11-26-21(25)27-15-22(9-12-29-13-10-22)19-7-4-17(23)14-20(19)24;/h2-7,14H,8-13,15H2,1H3,(H3,25,26,27);1H. The number of rotatable bonds is 7. The number of benzene rings is 2. The second-order valence-electron chi connectivity index (χ2n) is 7.24. The Hall–Kier alpha value is -1.22. The predicted molar refractivity (Wildman–Crippen MR) is 135 cm³/mol. The minimum absolute atomic E-state index is 0. The molecule has 0 spiro atoms. The lowest BCUT2D eigenvalue weighted by atomic mass is 9.74. The summed E-state index contributed by atoms with van der Waals surface area (Å²) in [5.41, 5.74) is 8.21. The number of halogens is 3. The van der Waals surface area contributed by atoms with Gasteiger partial charge in [0.2, 0.25) is 0 Å². The Morgan fingerprint density at radius 1 is 1.17 bits per heavy atom. The van der Waals surface area contributed by atoms with E-state index in [1.807, 2.05) is 36.4 Å². The maximum absolute atomic E-state index is 6.51. The molecule has 0 atom stereocenters. The van der Waals surface area contributed by atoms with Crippen molar-refractivity contribution in [3.63, 3.8) is 0 Å². The topological polar surface area (TPSA) is 68.9 Å². The van der Waals surface area contributed by atoms with E-state index in [1.54, 1.807) is 13.2 Å². The molecule has 2 aromatic rings. The summed E-state index contributed by atoms with van der Waals surface area (Å²) in [6.45, 7) is 2.62. The van der Waals surface area contributed by atoms with Gasteiger partial charge >= 0.3 is 0 Å². The molecule has 3 N–H and O–H groups in total. The Kier molecular flexibility index (Phi) is 10.0. The van der Waals surface area contributed by atoms with Crippen molar-refractivity contribution in [1.29, 1.82) is 0 Å². The predicted octanol–water partition coefficient (Wildman–Crippen LogP) is 4.82. The second kappa shape index (κ2) is 12.0. The number of nitrogens with two attached hydrogens (primary N) is 1. The van der Waals surface area contributed by atoms with E-state index >= 15 is 0 Å². The first-order valence-corrected chi connectivity index (χ1v) is 10.5. The monoisotopic (exact) mass is 563 g/mol. The molecule has 1 fully saturated rings. The Morgan fingerprint density at radius 3 is 2.50 bits per heavy atom. The Morgan fingerprint density at radius 2 is 1.87 bits per heavy atom. The van der Waals surface area contributed by atoms with Crippen molar-refractivity contribution in [2.75, 3.05) is 33.4 Å². The number of nitrogens with zero attached hydrogens (tertiary/aromatic N) is 1. The van der Waals surface area contributed by atoms with Crippen LogP contribution in [0.25, 0.3) is 0 Å².